The summed E-state index contributed by atoms with van der Waals surface area (Å²) in [5.41, 5.74) is 0.00893. The van der Waals surface area contributed by atoms with Crippen LogP contribution >= 0.6 is 0 Å². The predicted octanol–water partition coefficient (Wildman–Crippen LogP) is 3.69. The third-order valence-electron chi connectivity index (χ3n) is 7.21. The predicted molar refractivity (Wildman–Crippen MR) is 140 cm³/mol. The third-order valence-corrected chi connectivity index (χ3v) is 7.21. The Kier molecular flexibility index (Phi) is 7.05. The summed E-state index contributed by atoms with van der Waals surface area (Å²) in [6.45, 7) is 0.0187. The Balaban J connectivity index is 1.26. The topological polar surface area (TPSA) is 135 Å². The van der Waals surface area contributed by atoms with Crippen molar-refractivity contribution in [2.45, 2.75) is 56.3 Å². The van der Waals surface area contributed by atoms with Crippen LogP contribution in [0.25, 0.3) is 11.2 Å². The van der Waals surface area contributed by atoms with E-state index < -0.39 is 36.3 Å². The van der Waals surface area contributed by atoms with Crippen molar-refractivity contribution in [1.29, 1.82) is 0 Å². The van der Waals surface area contributed by atoms with Crippen LogP contribution in [0.4, 0.5) is 23.4 Å². The Hall–Kier alpha value is -4.52. The van der Waals surface area contributed by atoms with Gasteiger partial charge in [-0.1, -0.05) is 45.9 Å². The van der Waals surface area contributed by atoms with E-state index in [1.165, 1.54) is 33.8 Å². The summed E-state index contributed by atoms with van der Waals surface area (Å²) in [5, 5.41) is 27.5. The maximum atomic E-state index is 15.6. The number of alkyl halides is 4. The van der Waals surface area contributed by atoms with E-state index in [-0.39, 0.29) is 42.2 Å². The first kappa shape index (κ1) is 27.6. The van der Waals surface area contributed by atoms with E-state index in [4.69, 9.17) is 11.1 Å². The number of fused-ring (bicyclic) bond motifs is 1. The lowest BCUT2D eigenvalue weighted by Crippen LogP contribution is -2.28. The number of rotatable bonds is 12. The zero-order valence-electron chi connectivity index (χ0n) is 22.2. The fraction of sp³-hybridized carbons (Fsp3) is 0.462. The van der Waals surface area contributed by atoms with Gasteiger partial charge in [0.2, 0.25) is 5.82 Å². The summed E-state index contributed by atoms with van der Waals surface area (Å²) in [4.78, 5) is 9.41. The van der Waals surface area contributed by atoms with Gasteiger partial charge in [0.1, 0.15) is 11.4 Å². The number of nitrogens with one attached hydrogen (secondary N) is 1. The van der Waals surface area contributed by atoms with Gasteiger partial charge in [0.15, 0.2) is 22.6 Å². The Labute approximate surface area is 236 Å². The number of hydrogen-bond acceptors (Lipinski definition) is 11. The van der Waals surface area contributed by atoms with Gasteiger partial charge in [-0.25, -0.2) is 28.1 Å². The van der Waals surface area contributed by atoms with Gasteiger partial charge in [0, 0.05) is 44.3 Å². The highest BCUT2D eigenvalue weighted by molar-refractivity contribution is 5.83. The first-order chi connectivity index (χ1) is 20.2. The van der Waals surface area contributed by atoms with E-state index in [0.29, 0.717) is 37.2 Å². The zero-order chi connectivity index (χ0) is 29.4. The molecule has 12 nitrogen and oxygen atoms in total. The highest BCUT2D eigenvalue weighted by atomic mass is 19.3. The highest BCUT2D eigenvalue weighted by Crippen LogP contribution is 2.38. The average Bonchev–Trinajstić information content (AvgIpc) is 3.25. The van der Waals surface area contributed by atoms with E-state index in [2.05, 4.69) is 52.1 Å². The maximum Gasteiger partial charge on any atom is 0.331 e. The van der Waals surface area contributed by atoms with Gasteiger partial charge in [-0.15, -0.1) is 17.4 Å². The monoisotopic (exact) mass is 583 g/mol. The molecule has 2 aliphatic heterocycles. The molecule has 0 amide bonds. The lowest BCUT2D eigenvalue weighted by molar-refractivity contribution is 0.0256. The smallest absolute Gasteiger partial charge is 0.331 e. The average molecular weight is 584 g/mol. The molecule has 1 saturated heterocycles. The normalized spacial score (nSPS) is 17.2. The van der Waals surface area contributed by atoms with E-state index in [0.717, 1.165) is 0 Å². The van der Waals surface area contributed by atoms with Crippen LogP contribution in [0.15, 0.2) is 45.2 Å². The molecule has 0 unspecified atom stereocenters. The van der Waals surface area contributed by atoms with Crippen LogP contribution in [0.2, 0.25) is 0 Å². The Morgan fingerprint density at radius 3 is 2.57 bits per heavy atom. The van der Waals surface area contributed by atoms with Gasteiger partial charge in [-0.05, 0) is 6.54 Å². The third kappa shape index (κ3) is 5.51. The quantitative estimate of drug-likeness (QED) is 0.150. The second-order valence-corrected chi connectivity index (χ2v) is 10.2. The minimum atomic E-state index is -3.62. The number of terminal acetylenes is 1. The van der Waals surface area contributed by atoms with Gasteiger partial charge < -0.3 is 10.2 Å². The Morgan fingerprint density at radius 1 is 1.07 bits per heavy atom. The molecule has 1 aromatic carbocycles. The molecule has 16 heteroatoms. The van der Waals surface area contributed by atoms with Crippen molar-refractivity contribution in [3.05, 3.63) is 53.1 Å². The van der Waals surface area contributed by atoms with Gasteiger partial charge >= 0.3 is 5.92 Å². The largest absolute Gasteiger partial charge is 0.348 e. The fourth-order valence-corrected chi connectivity index (χ4v) is 4.79. The van der Waals surface area contributed by atoms with Crippen LogP contribution in [0.5, 0.6) is 0 Å². The molecule has 4 aromatic rings. The summed E-state index contributed by atoms with van der Waals surface area (Å²) >= 11 is 0. The molecular formula is C26H25F4N11O. The SMILES string of the molecule is C#CCCC1(CCNCc2nonc2Cn2nnc3c(N4CCC(F)(F)C4)nc(C(F)(F)c4ccccc4)nc32)N=N1. The standard InChI is InChI=1S/C26H25F4N11O/c1-2-3-9-25(37-38-25)10-12-31-14-18-19(36-42-35-18)15-41-22-20(34-39-41)21(40-13-11-24(27,28)16-40)32-23(33-22)26(29,30)17-7-5-4-6-8-17/h1,4-8,31H,3,9-16H2. The number of nitrogens with zero attached hydrogens (tertiary/aromatic N) is 10. The first-order valence-electron chi connectivity index (χ1n) is 13.3. The summed E-state index contributed by atoms with van der Waals surface area (Å²) in [7, 11) is 0. The van der Waals surface area contributed by atoms with Gasteiger partial charge in [0.25, 0.3) is 5.92 Å². The van der Waals surface area contributed by atoms with Crippen molar-refractivity contribution in [2.75, 3.05) is 24.5 Å². The highest BCUT2D eigenvalue weighted by Gasteiger charge is 2.43. The molecule has 3 aromatic heterocycles. The van der Waals surface area contributed by atoms with Gasteiger partial charge in [-0.3, -0.25) is 0 Å². The van der Waals surface area contributed by atoms with Crippen LogP contribution in [0.3, 0.4) is 0 Å². The van der Waals surface area contributed by atoms with Crippen LogP contribution in [-0.2, 0) is 19.0 Å². The molecule has 1 fully saturated rings. The zero-order valence-corrected chi connectivity index (χ0v) is 22.2. The van der Waals surface area contributed by atoms with Crippen LogP contribution in [0, 0.1) is 12.3 Å². The molecule has 218 valence electrons. The molecule has 0 radical (unpaired) electrons. The summed E-state index contributed by atoms with van der Waals surface area (Å²) in [5.74, 6) is -5.02. The minimum Gasteiger partial charge on any atom is -0.348 e. The van der Waals surface area contributed by atoms with Crippen molar-refractivity contribution in [1.82, 2.24) is 40.6 Å². The number of hydrogen-bond donors (Lipinski definition) is 1. The van der Waals surface area contributed by atoms with Crippen LogP contribution < -0.4 is 10.2 Å². The molecule has 2 aliphatic rings. The van der Waals surface area contributed by atoms with E-state index in [9.17, 15) is 8.78 Å². The molecule has 0 atom stereocenters. The van der Waals surface area contributed by atoms with E-state index >= 15 is 8.78 Å². The minimum absolute atomic E-state index is 0.0191. The molecule has 0 aliphatic carbocycles. The number of benzene rings is 1. The number of anilines is 1. The van der Waals surface area contributed by atoms with Crippen LogP contribution in [0.1, 0.15) is 48.5 Å². The Bertz CT molecular complexity index is 1640. The van der Waals surface area contributed by atoms with E-state index in [1.807, 2.05) is 0 Å². The number of aromatic nitrogens is 7. The summed E-state index contributed by atoms with van der Waals surface area (Å²) < 4.78 is 65.7. The molecule has 6 rings (SSSR count). The molecule has 42 heavy (non-hydrogen) atoms. The summed E-state index contributed by atoms with van der Waals surface area (Å²) in [6, 6.07) is 7.03. The molecule has 1 N–H and O–H groups in total. The molecular weight excluding hydrogens is 558 g/mol. The van der Waals surface area contributed by atoms with Gasteiger partial charge in [-0.2, -0.15) is 19.0 Å². The van der Waals surface area contributed by atoms with Crippen molar-refractivity contribution in [2.24, 2.45) is 10.2 Å². The van der Waals surface area contributed by atoms with E-state index in [1.54, 1.807) is 6.07 Å². The van der Waals surface area contributed by atoms with Crippen molar-refractivity contribution >= 4 is 17.0 Å². The summed E-state index contributed by atoms with van der Waals surface area (Å²) in [6.07, 6.45) is 6.83. The number of halogens is 4. The molecule has 0 spiro atoms. The van der Waals surface area contributed by atoms with Gasteiger partial charge in [0.05, 0.1) is 13.1 Å². The Morgan fingerprint density at radius 2 is 1.86 bits per heavy atom. The molecule has 5 heterocycles. The maximum absolute atomic E-state index is 15.6. The van der Waals surface area contributed by atoms with Crippen molar-refractivity contribution < 1.29 is 22.2 Å². The van der Waals surface area contributed by atoms with Crippen molar-refractivity contribution in [3.8, 4) is 12.3 Å². The fourth-order valence-electron chi connectivity index (χ4n) is 4.79. The molecule has 0 saturated carbocycles. The van der Waals surface area contributed by atoms with Crippen LogP contribution in [-0.4, -0.2) is 66.5 Å². The second kappa shape index (κ2) is 10.7. The molecule has 0 bridgehead atoms. The second-order valence-electron chi connectivity index (χ2n) is 10.2. The van der Waals surface area contributed by atoms with Crippen molar-refractivity contribution in [3.63, 3.8) is 0 Å². The first-order valence-corrected chi connectivity index (χ1v) is 13.3. The lowest BCUT2D eigenvalue weighted by atomic mass is 10.0. The lowest BCUT2D eigenvalue weighted by Gasteiger charge is -2.20.